The Morgan fingerprint density at radius 2 is 1.42 bits per heavy atom. The Hall–Kier alpha value is -5.24. The van der Waals surface area contributed by atoms with Gasteiger partial charge < -0.3 is 53.6 Å². The van der Waals surface area contributed by atoms with E-state index in [-0.39, 0.29) is 18.7 Å². The van der Waals surface area contributed by atoms with E-state index in [0.717, 1.165) is 39.8 Å². The van der Waals surface area contributed by atoms with E-state index < -0.39 is 108 Å². The van der Waals surface area contributed by atoms with Crippen LogP contribution in [-0.2, 0) is 58.9 Å². The number of ether oxygens (including phenoxy) is 8. The summed E-state index contributed by atoms with van der Waals surface area (Å²) < 4.78 is 42.6. The highest BCUT2D eigenvalue weighted by Crippen LogP contribution is 2.35. The van der Waals surface area contributed by atoms with Crippen LogP contribution in [0.3, 0.4) is 0 Å². The number of nitrogens with zero attached hydrogens (tertiary/aromatic N) is 1. The van der Waals surface area contributed by atoms with Crippen LogP contribution in [0.5, 0.6) is 5.75 Å². The van der Waals surface area contributed by atoms with Gasteiger partial charge in [-0.15, -0.1) is 0 Å². The van der Waals surface area contributed by atoms with Gasteiger partial charge >= 0.3 is 41.8 Å². The van der Waals surface area contributed by atoms with Crippen LogP contribution in [0.15, 0.2) is 18.2 Å². The van der Waals surface area contributed by atoms with Crippen molar-refractivity contribution < 1.29 is 76.7 Å². The number of aliphatic hydroxyl groups excluding tert-OH is 1. The lowest BCUT2D eigenvalue weighted by molar-refractivity contribution is -0.387. The summed E-state index contributed by atoms with van der Waals surface area (Å²) in [4.78, 5) is 82.7. The van der Waals surface area contributed by atoms with Gasteiger partial charge in [-0.3, -0.25) is 29.3 Å². The first-order valence-electron chi connectivity index (χ1n) is 15.1. The maximum atomic E-state index is 12.2. The first kappa shape index (κ1) is 40.9. The molecule has 0 aromatic heterocycles. The first-order chi connectivity index (χ1) is 23.2. The largest absolute Gasteiger partial charge is 0.463 e. The fourth-order valence-electron chi connectivity index (χ4n) is 4.29. The number of hydrogen-bond acceptors (Lipinski definition) is 17. The predicted octanol–water partition coefficient (Wildman–Crippen LogP) is 1.17. The molecule has 3 N–H and O–H groups in total. The third-order valence-electron chi connectivity index (χ3n) is 6.14. The lowest BCUT2D eigenvalue weighted by atomic mass is 9.98. The highest BCUT2D eigenvalue weighted by atomic mass is 16.7. The van der Waals surface area contributed by atoms with Crippen LogP contribution in [0.1, 0.15) is 54.0 Å². The average molecular weight is 716 g/mol. The van der Waals surface area contributed by atoms with Crippen molar-refractivity contribution >= 4 is 41.8 Å². The summed E-state index contributed by atoms with van der Waals surface area (Å²) in [6, 6.07) is 3.46. The number of aliphatic hydroxyl groups is 1. The second-order valence-electron chi connectivity index (χ2n) is 11.7. The van der Waals surface area contributed by atoms with Gasteiger partial charge in [0.25, 0.3) is 0 Å². The van der Waals surface area contributed by atoms with Crippen molar-refractivity contribution in [3.05, 3.63) is 33.9 Å². The molecule has 1 aromatic rings. The molecule has 50 heavy (non-hydrogen) atoms. The molecule has 20 nitrogen and oxygen atoms in total. The molecule has 3 unspecified atom stereocenters. The molecule has 6 atom stereocenters. The molecule has 1 fully saturated rings. The molecule has 0 bridgehead atoms. The maximum absolute atomic E-state index is 12.2. The fraction of sp³-hybridized carbons (Fsp3) is 0.600. The van der Waals surface area contributed by atoms with Gasteiger partial charge in [-0.2, -0.15) is 0 Å². The van der Waals surface area contributed by atoms with E-state index in [0.29, 0.717) is 0 Å². The number of benzene rings is 1. The first-order valence-corrected chi connectivity index (χ1v) is 15.1. The smallest absolute Gasteiger partial charge is 0.407 e. The minimum absolute atomic E-state index is 0.132. The molecule has 0 saturated carbocycles. The van der Waals surface area contributed by atoms with E-state index in [1.54, 1.807) is 20.8 Å². The van der Waals surface area contributed by atoms with E-state index in [4.69, 9.17) is 37.9 Å². The van der Waals surface area contributed by atoms with E-state index >= 15 is 0 Å². The zero-order valence-electron chi connectivity index (χ0n) is 28.5. The van der Waals surface area contributed by atoms with Crippen molar-refractivity contribution in [2.45, 2.75) is 97.5 Å². The molecule has 2 rings (SSSR count). The molecule has 2 amide bonds. The number of alkyl carbamates (subject to hydrolysis) is 2. The summed E-state index contributed by atoms with van der Waals surface area (Å²) in [7, 11) is 0. The standard InChI is InChI=1S/C30H41N3O17/c1-15(34)43-14-23-24(45-16(2)35)25(46-17(3)36)26(47-18(4)37)27(49-23)48-22-9-8-19(10-21(22)33(41)42)13-44-28(39)31-11-20(38)12-32-29(40)50-30(5,6)7/h8-10,20,23-27,38H,11-14H2,1-7H3,(H,31,39)(H,32,40)/t20?,23?,24-,25?,26+,27+/m0/s1. The Morgan fingerprint density at radius 3 is 1.96 bits per heavy atom. The maximum Gasteiger partial charge on any atom is 0.407 e. The van der Waals surface area contributed by atoms with E-state index in [9.17, 15) is 44.0 Å². The highest BCUT2D eigenvalue weighted by molar-refractivity contribution is 5.69. The fourth-order valence-corrected chi connectivity index (χ4v) is 4.29. The van der Waals surface area contributed by atoms with Crippen molar-refractivity contribution in [1.29, 1.82) is 0 Å². The molecular formula is C30H41N3O17. The normalized spacial score (nSPS) is 20.6. The minimum Gasteiger partial charge on any atom is -0.463 e. The van der Waals surface area contributed by atoms with Gasteiger partial charge in [-0.25, -0.2) is 9.59 Å². The number of carbonyl (C=O) groups is 6. The van der Waals surface area contributed by atoms with Gasteiger partial charge in [0.2, 0.25) is 12.4 Å². The molecule has 1 aliphatic rings. The molecule has 20 heteroatoms. The number of rotatable bonds is 14. The zero-order valence-corrected chi connectivity index (χ0v) is 28.5. The summed E-state index contributed by atoms with van der Waals surface area (Å²) in [5, 5.41) is 26.7. The van der Waals surface area contributed by atoms with Crippen molar-refractivity contribution in [2.24, 2.45) is 0 Å². The second kappa shape index (κ2) is 18.5. The molecule has 278 valence electrons. The zero-order chi connectivity index (χ0) is 37.8. The topological polar surface area (TPSA) is 264 Å². The number of nitro benzene ring substituents is 1. The summed E-state index contributed by atoms with van der Waals surface area (Å²) in [5.41, 5.74) is -1.26. The third kappa shape index (κ3) is 14.1. The van der Waals surface area contributed by atoms with Crippen molar-refractivity contribution in [3.63, 3.8) is 0 Å². The van der Waals surface area contributed by atoms with Crippen LogP contribution in [0.4, 0.5) is 15.3 Å². The van der Waals surface area contributed by atoms with Crippen molar-refractivity contribution in [1.82, 2.24) is 10.6 Å². The number of esters is 4. The Balaban J connectivity index is 2.22. The lowest BCUT2D eigenvalue weighted by Gasteiger charge is -2.43. The monoisotopic (exact) mass is 715 g/mol. The molecule has 1 aromatic carbocycles. The quantitative estimate of drug-likeness (QED) is 0.106. The summed E-state index contributed by atoms with van der Waals surface area (Å²) in [5.74, 6) is -3.81. The van der Waals surface area contributed by atoms with Crippen LogP contribution in [-0.4, -0.2) is 108 Å². The average Bonchev–Trinajstić information content (AvgIpc) is 2.98. The molecular weight excluding hydrogens is 674 g/mol. The van der Waals surface area contributed by atoms with Gasteiger partial charge in [0.15, 0.2) is 18.0 Å². The molecule has 0 radical (unpaired) electrons. The lowest BCUT2D eigenvalue weighted by Crippen LogP contribution is -2.63. The summed E-state index contributed by atoms with van der Waals surface area (Å²) in [6.45, 7) is 7.63. The van der Waals surface area contributed by atoms with Crippen molar-refractivity contribution in [3.8, 4) is 5.75 Å². The summed E-state index contributed by atoms with van der Waals surface area (Å²) in [6.07, 6.45) is -10.7. The molecule has 1 aliphatic heterocycles. The van der Waals surface area contributed by atoms with Gasteiger partial charge in [0.1, 0.15) is 24.9 Å². The van der Waals surface area contributed by atoms with Gasteiger partial charge in [0, 0.05) is 46.9 Å². The number of nitro groups is 1. The van der Waals surface area contributed by atoms with Crippen LogP contribution >= 0.6 is 0 Å². The van der Waals surface area contributed by atoms with E-state index in [1.165, 1.54) is 6.07 Å². The van der Waals surface area contributed by atoms with Gasteiger partial charge in [0.05, 0.1) is 11.0 Å². The van der Waals surface area contributed by atoms with Crippen LogP contribution in [0.25, 0.3) is 0 Å². The number of carbonyl (C=O) groups excluding carboxylic acids is 6. The van der Waals surface area contributed by atoms with Crippen molar-refractivity contribution in [2.75, 3.05) is 19.7 Å². The molecule has 0 spiro atoms. The molecule has 0 aliphatic carbocycles. The van der Waals surface area contributed by atoms with Crippen LogP contribution in [0.2, 0.25) is 0 Å². The number of amides is 2. The Bertz CT molecular complexity index is 1410. The Labute approximate surface area is 286 Å². The SMILES string of the molecule is CC(=O)OCC1O[C@@H](Oc2ccc(COC(=O)NCC(O)CNC(=O)OC(C)(C)C)cc2[N+](=O)[O-])[C@H](OC(C)=O)C(OC(C)=O)[C@H]1OC(C)=O. The number of hydrogen-bond donors (Lipinski definition) is 3. The van der Waals surface area contributed by atoms with E-state index in [1.807, 2.05) is 0 Å². The third-order valence-corrected chi connectivity index (χ3v) is 6.14. The highest BCUT2D eigenvalue weighted by Gasteiger charge is 2.53. The summed E-state index contributed by atoms with van der Waals surface area (Å²) >= 11 is 0. The number of nitrogens with one attached hydrogen (secondary N) is 2. The predicted molar refractivity (Wildman–Crippen MR) is 164 cm³/mol. The van der Waals surface area contributed by atoms with Crippen LogP contribution < -0.4 is 15.4 Å². The van der Waals surface area contributed by atoms with Gasteiger partial charge in [-0.1, -0.05) is 6.07 Å². The minimum atomic E-state index is -1.74. The van der Waals surface area contributed by atoms with Crippen LogP contribution in [0, 0.1) is 10.1 Å². The molecule has 1 saturated heterocycles. The Kier molecular flexibility index (Phi) is 15.1. The second-order valence-corrected chi connectivity index (χ2v) is 11.7. The Morgan fingerprint density at radius 1 is 0.860 bits per heavy atom. The van der Waals surface area contributed by atoms with Gasteiger partial charge in [-0.05, 0) is 32.4 Å². The van der Waals surface area contributed by atoms with E-state index in [2.05, 4.69) is 10.6 Å². The molecule has 1 heterocycles.